The minimum Gasteiger partial charge on any atom is -0.358 e. The standard InChI is InChI=1S/C18H17BN6S/c20-7-13-5-12(6-14(22)17(13)23)16-9-25-8-15(24-18(25)26-16)11-1-3-19(10-21)4-2-11/h5-6,8-9,11,18,22-24H,1-4H2. The lowest BCUT2D eigenvalue weighted by Gasteiger charge is -2.25. The van der Waals surface area contributed by atoms with E-state index in [1.165, 1.54) is 5.70 Å². The van der Waals surface area contributed by atoms with E-state index in [0.29, 0.717) is 5.92 Å². The molecule has 8 heteroatoms. The highest BCUT2D eigenvalue weighted by Crippen LogP contribution is 2.42. The van der Waals surface area contributed by atoms with Crippen LogP contribution in [-0.2, 0) is 0 Å². The van der Waals surface area contributed by atoms with Gasteiger partial charge in [0.25, 0.3) is 6.71 Å². The molecule has 128 valence electrons. The van der Waals surface area contributed by atoms with E-state index in [2.05, 4.69) is 22.4 Å². The third kappa shape index (κ3) is 2.87. The van der Waals surface area contributed by atoms with Crippen LogP contribution < -0.4 is 5.32 Å². The predicted molar refractivity (Wildman–Crippen MR) is 103 cm³/mol. The van der Waals surface area contributed by atoms with Crippen LogP contribution in [0.2, 0.25) is 12.6 Å². The summed E-state index contributed by atoms with van der Waals surface area (Å²) in [5.74, 6) is 2.88. The smallest absolute Gasteiger partial charge is 0.267 e. The first-order valence-corrected chi connectivity index (χ1v) is 9.52. The Hall–Kier alpha value is -2.71. The SMILES string of the molecule is N#CB1CCC(C2=CN3C=C(C4=CC(=N)C(=N)C(C#N)=C4)SC3N2)CC1. The van der Waals surface area contributed by atoms with Gasteiger partial charge in [-0.25, -0.2) is 5.26 Å². The summed E-state index contributed by atoms with van der Waals surface area (Å²) in [7, 11) is 0. The van der Waals surface area contributed by atoms with Crippen molar-refractivity contribution >= 4 is 29.9 Å². The molecule has 4 rings (SSSR count). The van der Waals surface area contributed by atoms with Crippen LogP contribution in [0.5, 0.6) is 0 Å². The average Bonchev–Trinajstić information content (AvgIpc) is 3.23. The molecule has 3 N–H and O–H groups in total. The van der Waals surface area contributed by atoms with Crippen molar-refractivity contribution in [1.82, 2.24) is 10.2 Å². The second kappa shape index (κ2) is 6.55. The van der Waals surface area contributed by atoms with Gasteiger partial charge in [0.05, 0.1) is 17.0 Å². The summed E-state index contributed by atoms with van der Waals surface area (Å²) >= 11 is 1.66. The highest BCUT2D eigenvalue weighted by Gasteiger charge is 2.35. The minimum absolute atomic E-state index is 0.0198. The number of thioether (sulfide) groups is 1. The fourth-order valence-electron chi connectivity index (χ4n) is 3.74. The van der Waals surface area contributed by atoms with E-state index in [1.807, 2.05) is 12.3 Å². The lowest BCUT2D eigenvalue weighted by Crippen LogP contribution is -2.30. The van der Waals surface area contributed by atoms with Crippen LogP contribution in [0.3, 0.4) is 0 Å². The maximum Gasteiger partial charge on any atom is 0.267 e. The fraction of sp³-hybridized carbons (Fsp3) is 0.333. The molecular weight excluding hydrogens is 343 g/mol. The molecule has 1 aliphatic carbocycles. The van der Waals surface area contributed by atoms with Crippen LogP contribution in [0.1, 0.15) is 12.8 Å². The number of nitrogens with one attached hydrogen (secondary N) is 3. The highest BCUT2D eigenvalue weighted by atomic mass is 32.2. The van der Waals surface area contributed by atoms with Crippen LogP contribution in [0.25, 0.3) is 0 Å². The first kappa shape index (κ1) is 16.7. The van der Waals surface area contributed by atoms with Crippen molar-refractivity contribution in [3.8, 4) is 12.0 Å². The van der Waals surface area contributed by atoms with Gasteiger partial charge in [0, 0.05) is 29.0 Å². The van der Waals surface area contributed by atoms with Crippen LogP contribution >= 0.6 is 11.8 Å². The molecule has 0 aromatic rings. The summed E-state index contributed by atoms with van der Waals surface area (Å²) in [5, 5.41) is 37.4. The van der Waals surface area contributed by atoms with Gasteiger partial charge < -0.3 is 10.2 Å². The van der Waals surface area contributed by atoms with Crippen LogP contribution in [0, 0.1) is 39.3 Å². The minimum atomic E-state index is -0.0198. The van der Waals surface area contributed by atoms with Gasteiger partial charge in [-0.05, 0) is 23.6 Å². The number of nitriles is 2. The maximum absolute atomic E-state index is 9.15. The summed E-state index contributed by atoms with van der Waals surface area (Å²) in [6.45, 7) is 0.210. The Kier molecular flexibility index (Phi) is 4.22. The van der Waals surface area contributed by atoms with Gasteiger partial charge in [0.15, 0.2) is 5.50 Å². The van der Waals surface area contributed by atoms with Gasteiger partial charge in [-0.1, -0.05) is 37.2 Å². The Morgan fingerprint density at radius 2 is 1.96 bits per heavy atom. The summed E-state index contributed by atoms with van der Waals surface area (Å²) in [6.07, 6.45) is 11.6. The molecule has 0 aromatic heterocycles. The van der Waals surface area contributed by atoms with Crippen molar-refractivity contribution < 1.29 is 0 Å². The molecule has 1 unspecified atom stereocenters. The lowest BCUT2D eigenvalue weighted by atomic mass is 9.41. The van der Waals surface area contributed by atoms with E-state index in [4.69, 9.17) is 21.3 Å². The van der Waals surface area contributed by atoms with Gasteiger partial charge in [0.1, 0.15) is 6.07 Å². The van der Waals surface area contributed by atoms with Gasteiger partial charge in [-0.15, -0.1) is 0 Å². The first-order chi connectivity index (χ1) is 12.6. The number of rotatable bonds is 2. The normalized spacial score (nSPS) is 25.5. The molecule has 4 aliphatic rings. The zero-order valence-corrected chi connectivity index (χ0v) is 14.9. The lowest BCUT2D eigenvalue weighted by molar-refractivity contribution is 0.471. The number of allylic oxidation sites excluding steroid dienone is 5. The number of nitrogens with zero attached hydrogens (tertiary/aromatic N) is 3. The number of hydrogen-bond donors (Lipinski definition) is 3. The van der Waals surface area contributed by atoms with Gasteiger partial charge in [0.2, 0.25) is 0 Å². The molecule has 3 heterocycles. The predicted octanol–water partition coefficient (Wildman–Crippen LogP) is 3.00. The molecule has 0 radical (unpaired) electrons. The number of fused-ring (bicyclic) bond motifs is 1. The van der Waals surface area contributed by atoms with Crippen molar-refractivity contribution in [3.63, 3.8) is 0 Å². The topological polar surface area (TPSA) is 111 Å². The van der Waals surface area contributed by atoms with Crippen LogP contribution in [-0.4, -0.2) is 28.5 Å². The summed E-state index contributed by atoms with van der Waals surface area (Å²) in [4.78, 5) is 3.13. The van der Waals surface area contributed by atoms with Crippen molar-refractivity contribution in [2.75, 3.05) is 0 Å². The second-order valence-corrected chi connectivity index (χ2v) is 8.00. The van der Waals surface area contributed by atoms with Crippen LogP contribution in [0.4, 0.5) is 0 Å². The molecule has 0 spiro atoms. The molecule has 0 amide bonds. The molecule has 26 heavy (non-hydrogen) atoms. The van der Waals surface area contributed by atoms with Gasteiger partial charge in [-0.2, -0.15) is 5.26 Å². The summed E-state index contributed by atoms with van der Waals surface area (Å²) < 4.78 is 0. The molecule has 1 saturated heterocycles. The average molecular weight is 360 g/mol. The highest BCUT2D eigenvalue weighted by molar-refractivity contribution is 8.04. The Morgan fingerprint density at radius 1 is 1.19 bits per heavy atom. The molecule has 0 bridgehead atoms. The van der Waals surface area contributed by atoms with Gasteiger partial charge in [-0.3, -0.25) is 10.8 Å². The monoisotopic (exact) mass is 360 g/mol. The Balaban J connectivity index is 1.49. The van der Waals surface area contributed by atoms with E-state index in [9.17, 15) is 0 Å². The summed E-state index contributed by atoms with van der Waals surface area (Å²) in [5.41, 5.74) is 2.45. The molecule has 3 aliphatic heterocycles. The molecule has 0 aromatic carbocycles. The maximum atomic E-state index is 9.15. The van der Waals surface area contributed by atoms with Gasteiger partial charge >= 0.3 is 0 Å². The van der Waals surface area contributed by atoms with Crippen molar-refractivity contribution in [2.45, 2.75) is 31.0 Å². The van der Waals surface area contributed by atoms with E-state index in [-0.39, 0.29) is 29.2 Å². The zero-order chi connectivity index (χ0) is 18.3. The van der Waals surface area contributed by atoms with Crippen molar-refractivity contribution in [2.24, 2.45) is 5.92 Å². The third-order valence-corrected chi connectivity index (χ3v) is 6.43. The Bertz CT molecular complexity index is 892. The van der Waals surface area contributed by atoms with Crippen molar-refractivity contribution in [1.29, 1.82) is 21.3 Å². The fourth-order valence-corrected chi connectivity index (χ4v) is 4.85. The van der Waals surface area contributed by atoms with E-state index in [0.717, 1.165) is 36.0 Å². The van der Waals surface area contributed by atoms with E-state index >= 15 is 0 Å². The molecule has 1 fully saturated rings. The van der Waals surface area contributed by atoms with E-state index in [1.54, 1.807) is 23.9 Å². The first-order valence-electron chi connectivity index (χ1n) is 8.64. The molecular formula is C18H17BN6S. The second-order valence-electron chi connectivity index (χ2n) is 6.88. The summed E-state index contributed by atoms with van der Waals surface area (Å²) in [6, 6.07) is 2.00. The number of hydrogen-bond acceptors (Lipinski definition) is 7. The molecule has 6 nitrogen and oxygen atoms in total. The Labute approximate surface area is 157 Å². The zero-order valence-electron chi connectivity index (χ0n) is 14.1. The van der Waals surface area contributed by atoms with Crippen molar-refractivity contribution in [3.05, 3.63) is 46.3 Å². The third-order valence-electron chi connectivity index (χ3n) is 5.25. The Morgan fingerprint density at radius 3 is 2.62 bits per heavy atom. The quantitative estimate of drug-likeness (QED) is 0.518. The molecule has 0 saturated carbocycles. The van der Waals surface area contributed by atoms with E-state index < -0.39 is 0 Å². The largest absolute Gasteiger partial charge is 0.358 e. The molecule has 1 atom stereocenters. The van der Waals surface area contributed by atoms with Crippen LogP contribution in [0.15, 0.2) is 46.3 Å².